The normalized spacial score (nSPS) is 11.2. The largest absolute Gasteiger partial charge is 0.357 e. The molecule has 2 heterocycles. The van der Waals surface area contributed by atoms with E-state index in [0.717, 1.165) is 42.6 Å². The molecule has 2 aromatic heterocycles. The molecule has 0 spiro atoms. The number of guanidine groups is 1. The van der Waals surface area contributed by atoms with Gasteiger partial charge in [-0.2, -0.15) is 5.10 Å². The Labute approximate surface area is 158 Å². The minimum absolute atomic E-state index is 0. The van der Waals surface area contributed by atoms with Crippen molar-refractivity contribution < 1.29 is 0 Å². The standard InChI is InChI=1S/C15H24N6S.HI/c1-4-16-15(19-10-14-18-8-11(2)22-14)17-7-5-6-13-9-20-21-12(13)3;/h8-9H,4-7,10H2,1-3H3,(H,20,21)(H2,16,17,19);1H. The predicted molar refractivity (Wildman–Crippen MR) is 107 cm³/mol. The second-order valence-corrected chi connectivity index (χ2v) is 6.43. The summed E-state index contributed by atoms with van der Waals surface area (Å²) in [7, 11) is 0. The Morgan fingerprint density at radius 2 is 2.13 bits per heavy atom. The van der Waals surface area contributed by atoms with Crippen LogP contribution in [0.3, 0.4) is 0 Å². The number of hydrogen-bond donors (Lipinski definition) is 3. The molecule has 6 nitrogen and oxygen atoms in total. The van der Waals surface area contributed by atoms with Crippen LogP contribution in [0.2, 0.25) is 0 Å². The van der Waals surface area contributed by atoms with Gasteiger partial charge in [0.25, 0.3) is 0 Å². The van der Waals surface area contributed by atoms with Crippen molar-refractivity contribution in [1.82, 2.24) is 25.8 Å². The van der Waals surface area contributed by atoms with Gasteiger partial charge >= 0.3 is 0 Å². The van der Waals surface area contributed by atoms with Crippen molar-refractivity contribution in [1.29, 1.82) is 0 Å². The Balaban J connectivity index is 0.00000264. The van der Waals surface area contributed by atoms with Gasteiger partial charge in [0, 0.05) is 29.9 Å². The van der Waals surface area contributed by atoms with E-state index in [2.05, 4.69) is 51.6 Å². The van der Waals surface area contributed by atoms with Crippen LogP contribution in [0.1, 0.15) is 34.5 Å². The summed E-state index contributed by atoms with van der Waals surface area (Å²) in [5, 5.41) is 14.7. The van der Waals surface area contributed by atoms with Crippen LogP contribution >= 0.6 is 35.3 Å². The van der Waals surface area contributed by atoms with Gasteiger partial charge in [-0.3, -0.25) is 5.10 Å². The van der Waals surface area contributed by atoms with Crippen LogP contribution in [0.25, 0.3) is 0 Å². The number of H-pyrrole nitrogens is 1. The zero-order chi connectivity index (χ0) is 15.8. The molecular formula is C15H25IN6S. The van der Waals surface area contributed by atoms with Crippen LogP contribution in [0, 0.1) is 13.8 Å². The van der Waals surface area contributed by atoms with Crippen molar-refractivity contribution in [2.24, 2.45) is 4.99 Å². The second-order valence-electron chi connectivity index (χ2n) is 5.11. The van der Waals surface area contributed by atoms with E-state index < -0.39 is 0 Å². The quantitative estimate of drug-likeness (QED) is 0.264. The summed E-state index contributed by atoms with van der Waals surface area (Å²) < 4.78 is 0. The van der Waals surface area contributed by atoms with E-state index in [1.165, 1.54) is 10.4 Å². The fraction of sp³-hybridized carbons (Fsp3) is 0.533. The smallest absolute Gasteiger partial charge is 0.191 e. The lowest BCUT2D eigenvalue weighted by Gasteiger charge is -2.10. The van der Waals surface area contributed by atoms with E-state index in [1.54, 1.807) is 11.3 Å². The van der Waals surface area contributed by atoms with Gasteiger partial charge < -0.3 is 10.6 Å². The zero-order valence-electron chi connectivity index (χ0n) is 13.8. The SMILES string of the molecule is CCNC(=NCc1ncc(C)s1)NCCCc1cn[nH]c1C.I. The van der Waals surface area contributed by atoms with Crippen LogP contribution in [0.5, 0.6) is 0 Å². The Bertz CT molecular complexity index is 607. The lowest BCUT2D eigenvalue weighted by molar-refractivity contribution is 0.742. The number of rotatable bonds is 7. The van der Waals surface area contributed by atoms with Gasteiger partial charge in [-0.15, -0.1) is 35.3 Å². The summed E-state index contributed by atoms with van der Waals surface area (Å²) in [5.41, 5.74) is 2.43. The van der Waals surface area contributed by atoms with Crippen molar-refractivity contribution in [2.75, 3.05) is 13.1 Å². The molecule has 0 atom stereocenters. The van der Waals surface area contributed by atoms with Gasteiger partial charge in [0.15, 0.2) is 5.96 Å². The van der Waals surface area contributed by atoms with Gasteiger partial charge in [0.2, 0.25) is 0 Å². The molecule has 2 aromatic rings. The number of nitrogens with zero attached hydrogens (tertiary/aromatic N) is 3. The van der Waals surface area contributed by atoms with Crippen molar-refractivity contribution in [3.63, 3.8) is 0 Å². The Morgan fingerprint density at radius 3 is 2.74 bits per heavy atom. The summed E-state index contributed by atoms with van der Waals surface area (Å²) in [4.78, 5) is 10.1. The summed E-state index contributed by atoms with van der Waals surface area (Å²) in [6.07, 6.45) is 5.85. The van der Waals surface area contributed by atoms with E-state index in [4.69, 9.17) is 0 Å². The fourth-order valence-corrected chi connectivity index (χ4v) is 2.79. The third kappa shape index (κ3) is 6.86. The molecule has 0 saturated heterocycles. The molecule has 2 rings (SSSR count). The van der Waals surface area contributed by atoms with Gasteiger partial charge in [-0.1, -0.05) is 0 Å². The van der Waals surface area contributed by atoms with Crippen molar-refractivity contribution >= 4 is 41.3 Å². The highest BCUT2D eigenvalue weighted by Crippen LogP contribution is 2.11. The monoisotopic (exact) mass is 448 g/mol. The van der Waals surface area contributed by atoms with Gasteiger partial charge in [-0.05, 0) is 39.2 Å². The summed E-state index contributed by atoms with van der Waals surface area (Å²) in [6.45, 7) is 8.54. The van der Waals surface area contributed by atoms with Crippen LogP contribution in [-0.2, 0) is 13.0 Å². The number of aryl methyl sites for hydroxylation is 3. The summed E-state index contributed by atoms with van der Waals surface area (Å²) in [5.74, 6) is 0.847. The third-order valence-corrected chi connectivity index (χ3v) is 4.13. The van der Waals surface area contributed by atoms with Crippen LogP contribution in [0.4, 0.5) is 0 Å². The highest BCUT2D eigenvalue weighted by atomic mass is 127. The molecule has 0 radical (unpaired) electrons. The molecule has 3 N–H and O–H groups in total. The molecule has 0 bridgehead atoms. The molecule has 0 aliphatic heterocycles. The maximum Gasteiger partial charge on any atom is 0.191 e. The number of thiazole rings is 1. The van der Waals surface area contributed by atoms with E-state index in [1.807, 2.05) is 12.4 Å². The van der Waals surface area contributed by atoms with E-state index >= 15 is 0 Å². The summed E-state index contributed by atoms with van der Waals surface area (Å²) >= 11 is 1.69. The molecule has 8 heteroatoms. The molecular weight excluding hydrogens is 423 g/mol. The molecule has 0 amide bonds. The number of aromatic nitrogens is 3. The first-order chi connectivity index (χ1) is 10.7. The van der Waals surface area contributed by atoms with E-state index in [9.17, 15) is 0 Å². The average Bonchev–Trinajstić information content (AvgIpc) is 3.09. The lowest BCUT2D eigenvalue weighted by atomic mass is 10.1. The number of halogens is 1. The second kappa shape index (κ2) is 10.6. The molecule has 128 valence electrons. The number of hydrogen-bond acceptors (Lipinski definition) is 4. The molecule has 0 fully saturated rings. The molecule has 0 aliphatic carbocycles. The van der Waals surface area contributed by atoms with Crippen LogP contribution in [0.15, 0.2) is 17.4 Å². The van der Waals surface area contributed by atoms with E-state index in [0.29, 0.717) is 6.54 Å². The zero-order valence-corrected chi connectivity index (χ0v) is 17.0. The highest BCUT2D eigenvalue weighted by Gasteiger charge is 2.02. The fourth-order valence-electron chi connectivity index (χ4n) is 2.08. The van der Waals surface area contributed by atoms with Gasteiger partial charge in [0.05, 0.1) is 12.7 Å². The molecule has 0 aliphatic rings. The lowest BCUT2D eigenvalue weighted by Crippen LogP contribution is -2.37. The molecule has 23 heavy (non-hydrogen) atoms. The summed E-state index contributed by atoms with van der Waals surface area (Å²) in [6, 6.07) is 0. The Hall–Kier alpha value is -1.16. The molecule has 0 aromatic carbocycles. The van der Waals surface area contributed by atoms with Crippen molar-refractivity contribution in [3.8, 4) is 0 Å². The van der Waals surface area contributed by atoms with Crippen LogP contribution < -0.4 is 10.6 Å². The first-order valence-corrected chi connectivity index (χ1v) is 8.43. The number of nitrogens with one attached hydrogen (secondary N) is 3. The Kier molecular flexibility index (Phi) is 9.15. The maximum atomic E-state index is 4.57. The maximum absolute atomic E-state index is 4.57. The first-order valence-electron chi connectivity index (χ1n) is 7.61. The highest BCUT2D eigenvalue weighted by molar-refractivity contribution is 14.0. The molecule has 0 unspecified atom stereocenters. The number of aromatic amines is 1. The minimum Gasteiger partial charge on any atom is -0.357 e. The predicted octanol–water partition coefficient (Wildman–Crippen LogP) is 2.79. The third-order valence-electron chi connectivity index (χ3n) is 3.24. The topological polar surface area (TPSA) is 78.0 Å². The number of aliphatic imine (C=N–C) groups is 1. The van der Waals surface area contributed by atoms with Gasteiger partial charge in [0.1, 0.15) is 5.01 Å². The van der Waals surface area contributed by atoms with Crippen molar-refractivity contribution in [3.05, 3.63) is 33.5 Å². The minimum atomic E-state index is 0. The molecule has 0 saturated carbocycles. The van der Waals surface area contributed by atoms with E-state index in [-0.39, 0.29) is 24.0 Å². The van der Waals surface area contributed by atoms with Crippen molar-refractivity contribution in [2.45, 2.75) is 40.2 Å². The Morgan fingerprint density at radius 1 is 1.30 bits per heavy atom. The average molecular weight is 448 g/mol. The van der Waals surface area contributed by atoms with Gasteiger partial charge in [-0.25, -0.2) is 9.98 Å². The first kappa shape index (κ1) is 19.9. The van der Waals surface area contributed by atoms with Crippen LogP contribution in [-0.4, -0.2) is 34.2 Å².